The number of nitrogens with zero attached hydrogens (tertiary/aromatic N) is 1. The van der Waals surface area contributed by atoms with Gasteiger partial charge in [0.1, 0.15) is 0 Å². The van der Waals surface area contributed by atoms with Crippen LogP contribution in [0.25, 0.3) is 10.9 Å². The number of benzene rings is 1. The highest BCUT2D eigenvalue weighted by Gasteiger charge is 2.30. The average molecular weight is 269 g/mol. The van der Waals surface area contributed by atoms with Crippen molar-refractivity contribution in [1.82, 2.24) is 4.98 Å². The molecular weight excluding hydrogens is 246 g/mol. The van der Waals surface area contributed by atoms with Gasteiger partial charge in [-0.15, -0.1) is 0 Å². The molecule has 2 nitrogen and oxygen atoms in total. The molecule has 1 heterocycles. The molecule has 1 N–H and O–H groups in total. The Morgan fingerprint density at radius 2 is 1.80 bits per heavy atom. The molecule has 0 bridgehead atoms. The highest BCUT2D eigenvalue weighted by atomic mass is 16.3. The zero-order valence-electron chi connectivity index (χ0n) is 12.3. The van der Waals surface area contributed by atoms with Crippen molar-refractivity contribution in [1.29, 1.82) is 0 Å². The van der Waals surface area contributed by atoms with Crippen molar-refractivity contribution in [3.8, 4) is 0 Å². The van der Waals surface area contributed by atoms with E-state index in [2.05, 4.69) is 31.0 Å². The maximum absolute atomic E-state index is 10.9. The Morgan fingerprint density at radius 1 is 1.05 bits per heavy atom. The molecule has 1 aromatic heterocycles. The molecule has 0 amide bonds. The van der Waals surface area contributed by atoms with Crippen LogP contribution in [0.5, 0.6) is 0 Å². The van der Waals surface area contributed by atoms with Gasteiger partial charge in [-0.2, -0.15) is 0 Å². The number of rotatable bonds is 2. The summed E-state index contributed by atoms with van der Waals surface area (Å²) in [6.07, 6.45) is 4.99. The molecule has 1 aliphatic rings. The molecular formula is C18H23NO. The summed E-state index contributed by atoms with van der Waals surface area (Å²) in [4.78, 5) is 4.39. The maximum atomic E-state index is 10.9. The fourth-order valence-electron chi connectivity index (χ4n) is 3.91. The van der Waals surface area contributed by atoms with E-state index in [-0.39, 0.29) is 6.10 Å². The van der Waals surface area contributed by atoms with E-state index >= 15 is 0 Å². The summed E-state index contributed by atoms with van der Waals surface area (Å²) >= 11 is 0. The standard InChI is InChI=1S/C18H23NO/c1-12-9-13(2)11-14(10-12)18(20)16-5-3-7-17-15(16)6-4-8-19-17/h3-8,12-14,18,20H,9-11H2,1-2H3. The minimum absolute atomic E-state index is 0.368. The minimum atomic E-state index is -0.368. The molecule has 2 heteroatoms. The molecule has 1 aliphatic carbocycles. The van der Waals surface area contributed by atoms with Crippen molar-refractivity contribution in [2.75, 3.05) is 0 Å². The molecule has 3 unspecified atom stereocenters. The van der Waals surface area contributed by atoms with Gasteiger partial charge in [-0.25, -0.2) is 0 Å². The van der Waals surface area contributed by atoms with Crippen molar-refractivity contribution in [3.05, 3.63) is 42.1 Å². The van der Waals surface area contributed by atoms with Crippen LogP contribution in [0.15, 0.2) is 36.5 Å². The lowest BCUT2D eigenvalue weighted by atomic mass is 9.73. The van der Waals surface area contributed by atoms with E-state index in [0.29, 0.717) is 17.8 Å². The van der Waals surface area contributed by atoms with Crippen LogP contribution in [0.1, 0.15) is 44.8 Å². The number of aliphatic hydroxyl groups excluding tert-OH is 1. The Bertz CT molecular complexity index is 579. The topological polar surface area (TPSA) is 33.1 Å². The van der Waals surface area contributed by atoms with E-state index in [1.54, 1.807) is 0 Å². The molecule has 0 spiro atoms. The van der Waals surface area contributed by atoms with Gasteiger partial charge in [-0.3, -0.25) is 4.98 Å². The van der Waals surface area contributed by atoms with Crippen molar-refractivity contribution < 1.29 is 5.11 Å². The molecule has 1 saturated carbocycles. The van der Waals surface area contributed by atoms with Crippen molar-refractivity contribution in [2.45, 2.75) is 39.2 Å². The lowest BCUT2D eigenvalue weighted by molar-refractivity contribution is 0.0562. The van der Waals surface area contributed by atoms with Crippen LogP contribution in [0, 0.1) is 17.8 Å². The summed E-state index contributed by atoms with van der Waals surface area (Å²) in [5.41, 5.74) is 2.02. The van der Waals surface area contributed by atoms with Crippen LogP contribution in [-0.2, 0) is 0 Å². The van der Waals surface area contributed by atoms with Crippen molar-refractivity contribution in [3.63, 3.8) is 0 Å². The summed E-state index contributed by atoms with van der Waals surface area (Å²) in [6.45, 7) is 4.61. The third-order valence-corrected chi connectivity index (χ3v) is 4.66. The number of hydrogen-bond donors (Lipinski definition) is 1. The van der Waals surface area contributed by atoms with Crippen LogP contribution >= 0.6 is 0 Å². The van der Waals surface area contributed by atoms with Gasteiger partial charge in [-0.05, 0) is 54.7 Å². The highest BCUT2D eigenvalue weighted by Crippen LogP contribution is 2.41. The average Bonchev–Trinajstić information content (AvgIpc) is 2.45. The lowest BCUT2D eigenvalue weighted by Crippen LogP contribution is -2.24. The first-order valence-corrected chi connectivity index (χ1v) is 7.67. The SMILES string of the molecule is CC1CC(C)CC(C(O)c2cccc3ncccc23)C1. The predicted molar refractivity (Wildman–Crippen MR) is 82.4 cm³/mol. The Hall–Kier alpha value is -1.41. The summed E-state index contributed by atoms with van der Waals surface area (Å²) in [5, 5.41) is 11.9. The molecule has 106 valence electrons. The number of fused-ring (bicyclic) bond motifs is 1. The van der Waals surface area contributed by atoms with E-state index in [0.717, 1.165) is 29.3 Å². The second-order valence-electron chi connectivity index (χ2n) is 6.54. The van der Waals surface area contributed by atoms with Crippen LogP contribution in [0.3, 0.4) is 0 Å². The summed E-state index contributed by atoms with van der Waals surface area (Å²) in [7, 11) is 0. The third-order valence-electron chi connectivity index (χ3n) is 4.66. The summed E-state index contributed by atoms with van der Waals surface area (Å²) < 4.78 is 0. The van der Waals surface area contributed by atoms with E-state index in [9.17, 15) is 5.11 Å². The van der Waals surface area contributed by atoms with Crippen molar-refractivity contribution in [2.24, 2.45) is 17.8 Å². The fourth-order valence-corrected chi connectivity index (χ4v) is 3.91. The quantitative estimate of drug-likeness (QED) is 0.879. The first kappa shape index (κ1) is 13.6. The number of aliphatic hydroxyl groups is 1. The van der Waals surface area contributed by atoms with Gasteiger partial charge in [0, 0.05) is 11.6 Å². The maximum Gasteiger partial charge on any atom is 0.0824 e. The van der Waals surface area contributed by atoms with Gasteiger partial charge in [0.25, 0.3) is 0 Å². The van der Waals surface area contributed by atoms with Gasteiger partial charge >= 0.3 is 0 Å². The number of pyridine rings is 1. The molecule has 0 saturated heterocycles. The molecule has 1 fully saturated rings. The van der Waals surface area contributed by atoms with Gasteiger partial charge in [0.2, 0.25) is 0 Å². The van der Waals surface area contributed by atoms with E-state index < -0.39 is 0 Å². The molecule has 0 radical (unpaired) electrons. The van der Waals surface area contributed by atoms with Crippen LogP contribution < -0.4 is 0 Å². The van der Waals surface area contributed by atoms with Gasteiger partial charge in [0.15, 0.2) is 0 Å². The first-order chi connectivity index (χ1) is 9.65. The monoisotopic (exact) mass is 269 g/mol. The Labute approximate surface area is 120 Å². The minimum Gasteiger partial charge on any atom is -0.388 e. The second-order valence-corrected chi connectivity index (χ2v) is 6.54. The normalized spacial score (nSPS) is 28.4. The van der Waals surface area contributed by atoms with E-state index in [4.69, 9.17) is 0 Å². The summed E-state index contributed by atoms with van der Waals surface area (Å²) in [6, 6.07) is 10.1. The predicted octanol–water partition coefficient (Wildman–Crippen LogP) is 4.34. The number of hydrogen-bond acceptors (Lipinski definition) is 2. The third kappa shape index (κ3) is 2.57. The molecule has 3 atom stereocenters. The molecule has 2 aromatic rings. The van der Waals surface area contributed by atoms with Crippen LogP contribution in [0.2, 0.25) is 0 Å². The van der Waals surface area contributed by atoms with Gasteiger partial charge in [0.05, 0.1) is 11.6 Å². The van der Waals surface area contributed by atoms with Gasteiger partial charge in [-0.1, -0.05) is 32.0 Å². The molecule has 3 rings (SSSR count). The van der Waals surface area contributed by atoms with Gasteiger partial charge < -0.3 is 5.11 Å². The molecule has 1 aromatic carbocycles. The summed E-state index contributed by atoms with van der Waals surface area (Å²) in [5.74, 6) is 1.80. The van der Waals surface area contributed by atoms with Crippen LogP contribution in [-0.4, -0.2) is 10.1 Å². The van der Waals surface area contributed by atoms with Crippen LogP contribution in [0.4, 0.5) is 0 Å². The Kier molecular flexibility index (Phi) is 3.75. The fraction of sp³-hybridized carbons (Fsp3) is 0.500. The Balaban J connectivity index is 1.94. The Morgan fingerprint density at radius 3 is 2.55 bits per heavy atom. The zero-order chi connectivity index (χ0) is 14.1. The molecule has 20 heavy (non-hydrogen) atoms. The van der Waals surface area contributed by atoms with E-state index in [1.807, 2.05) is 24.4 Å². The lowest BCUT2D eigenvalue weighted by Gasteiger charge is -2.34. The van der Waals surface area contributed by atoms with Crippen molar-refractivity contribution >= 4 is 10.9 Å². The largest absolute Gasteiger partial charge is 0.388 e. The smallest absolute Gasteiger partial charge is 0.0824 e. The van der Waals surface area contributed by atoms with E-state index in [1.165, 1.54) is 6.42 Å². The molecule has 0 aliphatic heterocycles. The highest BCUT2D eigenvalue weighted by molar-refractivity contribution is 5.82. The number of aromatic nitrogens is 1. The zero-order valence-corrected chi connectivity index (χ0v) is 12.3. The second kappa shape index (κ2) is 5.53. The first-order valence-electron chi connectivity index (χ1n) is 7.67.